The van der Waals surface area contributed by atoms with E-state index in [0.29, 0.717) is 34.0 Å². The van der Waals surface area contributed by atoms with Crippen molar-refractivity contribution >= 4 is 39.9 Å². The van der Waals surface area contributed by atoms with Gasteiger partial charge in [0.05, 0.1) is 30.4 Å². The Morgan fingerprint density at radius 2 is 1.71 bits per heavy atom. The summed E-state index contributed by atoms with van der Waals surface area (Å²) in [5.74, 6) is -0.141. The lowest BCUT2D eigenvalue weighted by atomic mass is 10.2. The average Bonchev–Trinajstić information content (AvgIpc) is 3.29. The van der Waals surface area contributed by atoms with Crippen molar-refractivity contribution in [2.75, 3.05) is 12.4 Å². The first-order chi connectivity index (χ1) is 16.8. The van der Waals surface area contributed by atoms with Gasteiger partial charge in [0.1, 0.15) is 5.75 Å². The minimum atomic E-state index is -0.540. The number of nitrogens with zero attached hydrogens (tertiary/aromatic N) is 4. The number of anilines is 1. The summed E-state index contributed by atoms with van der Waals surface area (Å²) < 4.78 is 8.41. The van der Waals surface area contributed by atoms with E-state index in [4.69, 9.17) is 16.3 Å². The van der Waals surface area contributed by atoms with Crippen LogP contribution in [0.5, 0.6) is 5.75 Å². The molecule has 35 heavy (non-hydrogen) atoms. The fraction of sp³-hybridized carbons (Fsp3) is 0.154. The molecule has 2 aromatic heterocycles. The average molecular weight is 488 g/mol. The molecular formula is C26H22ClN5O3. The number of fused-ring (bicyclic) bond motifs is 3. The van der Waals surface area contributed by atoms with Crippen molar-refractivity contribution in [1.29, 1.82) is 0 Å². The van der Waals surface area contributed by atoms with Crippen LogP contribution in [0.4, 0.5) is 5.69 Å². The van der Waals surface area contributed by atoms with Gasteiger partial charge in [-0.15, -0.1) is 5.10 Å². The monoisotopic (exact) mass is 487 g/mol. The molecule has 1 amide bonds. The van der Waals surface area contributed by atoms with Gasteiger partial charge in [-0.05, 0) is 66.9 Å². The minimum absolute atomic E-state index is 0.0664. The van der Waals surface area contributed by atoms with Crippen LogP contribution in [0.1, 0.15) is 27.3 Å². The molecule has 0 aliphatic rings. The Balaban J connectivity index is 1.63. The van der Waals surface area contributed by atoms with Gasteiger partial charge in [0.2, 0.25) is 11.5 Å². The molecule has 1 N–H and O–H groups in total. The topological polar surface area (TPSA) is 90.5 Å². The number of carbonyl (C=O) groups is 1. The van der Waals surface area contributed by atoms with Gasteiger partial charge in [0.15, 0.2) is 0 Å². The van der Waals surface area contributed by atoms with Crippen LogP contribution < -0.4 is 15.6 Å². The summed E-state index contributed by atoms with van der Waals surface area (Å²) in [5.41, 5.74) is 4.42. The first-order valence-corrected chi connectivity index (χ1v) is 11.3. The van der Waals surface area contributed by atoms with E-state index in [1.807, 2.05) is 50.2 Å². The Kier molecular flexibility index (Phi) is 5.74. The van der Waals surface area contributed by atoms with E-state index in [9.17, 15) is 9.59 Å². The molecule has 0 bridgehead atoms. The number of aryl methyl sites for hydroxylation is 2. The van der Waals surface area contributed by atoms with E-state index in [1.165, 1.54) is 11.6 Å². The lowest BCUT2D eigenvalue weighted by Crippen LogP contribution is -2.24. The zero-order chi connectivity index (χ0) is 24.7. The Morgan fingerprint density at radius 1 is 1.00 bits per heavy atom. The number of rotatable bonds is 5. The largest absolute Gasteiger partial charge is 0.495 e. The molecule has 0 atom stereocenters. The number of hydrogen-bond donors (Lipinski definition) is 1. The minimum Gasteiger partial charge on any atom is -0.495 e. The van der Waals surface area contributed by atoms with Crippen molar-refractivity contribution in [3.63, 3.8) is 0 Å². The summed E-state index contributed by atoms with van der Waals surface area (Å²) in [4.78, 5) is 30.9. The predicted molar refractivity (Wildman–Crippen MR) is 136 cm³/mol. The highest BCUT2D eigenvalue weighted by Gasteiger charge is 2.20. The normalized spacial score (nSPS) is 11.2. The molecule has 0 radical (unpaired) electrons. The molecule has 0 unspecified atom stereocenters. The maximum absolute atomic E-state index is 13.5. The fourth-order valence-corrected chi connectivity index (χ4v) is 4.13. The summed E-state index contributed by atoms with van der Waals surface area (Å²) in [6.45, 7) is 4.19. The molecule has 0 fully saturated rings. The van der Waals surface area contributed by atoms with Crippen LogP contribution in [-0.4, -0.2) is 32.2 Å². The van der Waals surface area contributed by atoms with Gasteiger partial charge in [-0.3, -0.25) is 14.2 Å². The number of ether oxygens (including phenoxy) is 1. The second kappa shape index (κ2) is 8.88. The molecule has 0 aliphatic carbocycles. The molecule has 176 valence electrons. The Hall–Kier alpha value is -4.17. The lowest BCUT2D eigenvalue weighted by Gasteiger charge is -2.12. The standard InChI is InChI=1S/C26H22ClN5O3/c1-15-5-11-22(35-3)19(12-15)28-25(33)23-29-24-26(34)31(14-17-6-8-18(27)9-7-17)21-13-16(2)4-10-20(21)32(24)30-23/h4-13H,14H2,1-3H3,(H,28,33). The maximum atomic E-state index is 13.5. The molecule has 3 aromatic carbocycles. The molecular weight excluding hydrogens is 466 g/mol. The molecule has 9 heteroatoms. The van der Waals surface area contributed by atoms with Crippen molar-refractivity contribution in [3.05, 3.63) is 98.6 Å². The number of methoxy groups -OCH3 is 1. The summed E-state index contributed by atoms with van der Waals surface area (Å²) in [6.07, 6.45) is 0. The van der Waals surface area contributed by atoms with Gasteiger partial charge in [0.25, 0.3) is 11.5 Å². The van der Waals surface area contributed by atoms with Crippen LogP contribution in [0.25, 0.3) is 16.7 Å². The number of nitrogens with one attached hydrogen (secondary N) is 1. The number of hydrogen-bond acceptors (Lipinski definition) is 5. The lowest BCUT2D eigenvalue weighted by molar-refractivity contribution is 0.101. The van der Waals surface area contributed by atoms with Crippen LogP contribution in [0, 0.1) is 13.8 Å². The Bertz CT molecular complexity index is 1650. The molecule has 5 aromatic rings. The summed E-state index contributed by atoms with van der Waals surface area (Å²) >= 11 is 6.02. The first kappa shape index (κ1) is 22.6. The third-order valence-electron chi connectivity index (χ3n) is 5.75. The van der Waals surface area contributed by atoms with Crippen LogP contribution in [0.2, 0.25) is 5.02 Å². The highest BCUT2D eigenvalue weighted by Crippen LogP contribution is 2.26. The molecule has 8 nitrogen and oxygen atoms in total. The van der Waals surface area contributed by atoms with Crippen molar-refractivity contribution in [1.82, 2.24) is 19.2 Å². The third-order valence-corrected chi connectivity index (χ3v) is 6.01. The van der Waals surface area contributed by atoms with Crippen molar-refractivity contribution in [3.8, 4) is 5.75 Å². The van der Waals surface area contributed by atoms with Crippen LogP contribution in [0.3, 0.4) is 0 Å². The second-order valence-electron chi connectivity index (χ2n) is 8.34. The van der Waals surface area contributed by atoms with Gasteiger partial charge >= 0.3 is 0 Å². The summed E-state index contributed by atoms with van der Waals surface area (Å²) in [7, 11) is 1.53. The summed E-state index contributed by atoms with van der Waals surface area (Å²) in [6, 6.07) is 18.5. The highest BCUT2D eigenvalue weighted by molar-refractivity contribution is 6.30. The third kappa shape index (κ3) is 4.24. The Labute approximate surface area is 205 Å². The van der Waals surface area contributed by atoms with E-state index < -0.39 is 5.91 Å². The van der Waals surface area contributed by atoms with E-state index in [1.54, 1.807) is 28.8 Å². The zero-order valence-corrected chi connectivity index (χ0v) is 20.1. The van der Waals surface area contributed by atoms with Crippen molar-refractivity contribution < 1.29 is 9.53 Å². The number of amides is 1. The molecule has 2 heterocycles. The SMILES string of the molecule is COc1ccc(C)cc1NC(=O)c1nc2c(=O)n(Cc3ccc(Cl)cc3)c3cc(C)ccc3n2n1. The van der Waals surface area contributed by atoms with Crippen molar-refractivity contribution in [2.45, 2.75) is 20.4 Å². The van der Waals surface area contributed by atoms with Gasteiger partial charge < -0.3 is 10.1 Å². The van der Waals surface area contributed by atoms with Gasteiger partial charge in [0, 0.05) is 5.02 Å². The van der Waals surface area contributed by atoms with Crippen LogP contribution in [0.15, 0.2) is 65.5 Å². The fourth-order valence-electron chi connectivity index (χ4n) is 4.00. The molecule has 5 rings (SSSR count). The molecule has 0 spiro atoms. The van der Waals surface area contributed by atoms with E-state index in [2.05, 4.69) is 15.4 Å². The number of benzene rings is 3. The quantitative estimate of drug-likeness (QED) is 0.390. The van der Waals surface area contributed by atoms with Crippen LogP contribution >= 0.6 is 11.6 Å². The summed E-state index contributed by atoms with van der Waals surface area (Å²) in [5, 5.41) is 7.80. The number of carbonyl (C=O) groups excluding carboxylic acids is 1. The van der Waals surface area contributed by atoms with Crippen molar-refractivity contribution in [2.24, 2.45) is 0 Å². The predicted octanol–water partition coefficient (Wildman–Crippen LogP) is 4.62. The van der Waals surface area contributed by atoms with Gasteiger partial charge in [-0.2, -0.15) is 4.98 Å². The maximum Gasteiger partial charge on any atom is 0.296 e. The van der Waals surface area contributed by atoms with E-state index >= 15 is 0 Å². The van der Waals surface area contributed by atoms with Gasteiger partial charge in [-0.25, -0.2) is 4.52 Å². The first-order valence-electron chi connectivity index (χ1n) is 10.9. The molecule has 0 saturated heterocycles. The second-order valence-corrected chi connectivity index (χ2v) is 8.78. The van der Waals surface area contributed by atoms with Crippen LogP contribution in [-0.2, 0) is 6.54 Å². The molecule has 0 saturated carbocycles. The van der Waals surface area contributed by atoms with Gasteiger partial charge in [-0.1, -0.05) is 35.9 Å². The van der Waals surface area contributed by atoms with E-state index in [-0.39, 0.29) is 17.0 Å². The Morgan fingerprint density at radius 3 is 2.46 bits per heavy atom. The zero-order valence-electron chi connectivity index (χ0n) is 19.4. The van der Waals surface area contributed by atoms with E-state index in [0.717, 1.165) is 16.7 Å². The molecule has 0 aliphatic heterocycles. The number of aromatic nitrogens is 4. The number of halogens is 1. The smallest absolute Gasteiger partial charge is 0.296 e. The highest BCUT2D eigenvalue weighted by atomic mass is 35.5.